The second kappa shape index (κ2) is 5.89. The first-order valence-electron chi connectivity index (χ1n) is 5.27. The summed E-state index contributed by atoms with van der Waals surface area (Å²) in [6.07, 6.45) is 0.978. The number of carbonyl (C=O) groups is 2. The Morgan fingerprint density at radius 1 is 1.62 bits per heavy atom. The Bertz CT molecular complexity index is 317. The lowest BCUT2D eigenvalue weighted by Gasteiger charge is -2.11. The molecule has 6 heteroatoms. The lowest BCUT2D eigenvalue weighted by Crippen LogP contribution is -2.31. The average molecular weight is 243 g/mol. The maximum atomic E-state index is 11.7. The fraction of sp³-hybridized carbons (Fsp3) is 0.700. The van der Waals surface area contributed by atoms with Crippen LogP contribution in [0.2, 0.25) is 0 Å². The summed E-state index contributed by atoms with van der Waals surface area (Å²) in [6, 6.07) is 0. The Balaban J connectivity index is 2.40. The van der Waals surface area contributed by atoms with Crippen LogP contribution in [0.15, 0.2) is 4.99 Å². The maximum Gasteiger partial charge on any atom is 0.242 e. The number of likely N-dealkylation sites (tertiary alicyclic amines) is 1. The van der Waals surface area contributed by atoms with E-state index < -0.39 is 0 Å². The van der Waals surface area contributed by atoms with E-state index in [2.05, 4.69) is 4.99 Å². The summed E-state index contributed by atoms with van der Waals surface area (Å²) in [5.74, 6) is 1.17. The Morgan fingerprint density at radius 2 is 2.31 bits per heavy atom. The molecule has 16 heavy (non-hydrogen) atoms. The largest absolute Gasteiger partial charge is 0.387 e. The molecule has 1 rings (SSSR count). The quantitative estimate of drug-likeness (QED) is 0.426. The van der Waals surface area contributed by atoms with E-state index in [1.54, 1.807) is 7.05 Å². The molecule has 0 aromatic rings. The normalized spacial score (nSPS) is 22.0. The predicted molar refractivity (Wildman–Crippen MR) is 65.4 cm³/mol. The number of hydrogen-bond donors (Lipinski definition) is 1. The van der Waals surface area contributed by atoms with E-state index in [1.807, 2.05) is 6.92 Å². The number of thioether (sulfide) groups is 1. The van der Waals surface area contributed by atoms with Crippen LogP contribution in [-0.2, 0) is 9.59 Å². The van der Waals surface area contributed by atoms with E-state index in [9.17, 15) is 9.59 Å². The van der Waals surface area contributed by atoms with E-state index in [4.69, 9.17) is 5.73 Å². The van der Waals surface area contributed by atoms with Crippen molar-refractivity contribution in [1.82, 2.24) is 4.90 Å². The van der Waals surface area contributed by atoms with Gasteiger partial charge in [0, 0.05) is 32.2 Å². The van der Waals surface area contributed by atoms with Gasteiger partial charge in [-0.05, 0) is 6.92 Å². The van der Waals surface area contributed by atoms with Gasteiger partial charge in [0.05, 0.1) is 11.1 Å². The number of rotatable bonds is 5. The fourth-order valence-electron chi connectivity index (χ4n) is 1.53. The maximum absolute atomic E-state index is 11.7. The summed E-state index contributed by atoms with van der Waals surface area (Å²) >= 11 is 1.49. The van der Waals surface area contributed by atoms with Gasteiger partial charge in [0.15, 0.2) is 0 Å². The van der Waals surface area contributed by atoms with Gasteiger partial charge in [0.25, 0.3) is 0 Å². The molecule has 1 fully saturated rings. The van der Waals surface area contributed by atoms with E-state index in [1.165, 1.54) is 16.7 Å². The third-order valence-corrected chi connectivity index (χ3v) is 3.69. The SMILES string of the molecule is CCN1C(=O)CC(SCCC(N)=NC)C1=O. The zero-order chi connectivity index (χ0) is 12.1. The van der Waals surface area contributed by atoms with Crippen LogP contribution in [-0.4, -0.2) is 47.1 Å². The van der Waals surface area contributed by atoms with Crippen molar-refractivity contribution in [3.8, 4) is 0 Å². The number of hydrogen-bond acceptors (Lipinski definition) is 4. The van der Waals surface area contributed by atoms with Gasteiger partial charge in [-0.1, -0.05) is 0 Å². The molecule has 0 aromatic heterocycles. The minimum absolute atomic E-state index is 0.0653. The molecule has 5 nitrogen and oxygen atoms in total. The van der Waals surface area contributed by atoms with E-state index in [0.717, 1.165) is 5.75 Å². The van der Waals surface area contributed by atoms with Gasteiger partial charge < -0.3 is 5.73 Å². The zero-order valence-electron chi connectivity index (χ0n) is 9.60. The smallest absolute Gasteiger partial charge is 0.242 e. The van der Waals surface area contributed by atoms with Gasteiger partial charge in [0.1, 0.15) is 0 Å². The van der Waals surface area contributed by atoms with Crippen LogP contribution in [0.3, 0.4) is 0 Å². The van der Waals surface area contributed by atoms with Gasteiger partial charge in [-0.2, -0.15) is 0 Å². The summed E-state index contributed by atoms with van der Waals surface area (Å²) < 4.78 is 0. The van der Waals surface area contributed by atoms with Gasteiger partial charge in [0.2, 0.25) is 11.8 Å². The Hall–Kier alpha value is -1.04. The Kier molecular flexibility index (Phi) is 4.79. The van der Waals surface area contributed by atoms with Crippen molar-refractivity contribution in [2.45, 2.75) is 25.0 Å². The summed E-state index contributed by atoms with van der Waals surface area (Å²) in [7, 11) is 1.64. The molecule has 0 spiro atoms. The van der Waals surface area contributed by atoms with Crippen molar-refractivity contribution in [3.05, 3.63) is 0 Å². The predicted octanol–water partition coefficient (Wildman–Crippen LogP) is 0.244. The molecule has 90 valence electrons. The van der Waals surface area contributed by atoms with Crippen LogP contribution < -0.4 is 5.73 Å². The molecule has 0 radical (unpaired) electrons. The van der Waals surface area contributed by atoms with Gasteiger partial charge >= 0.3 is 0 Å². The molecule has 1 heterocycles. The molecule has 1 aliphatic rings. The molecule has 0 saturated carbocycles. The number of aliphatic imine (C=N–C) groups is 1. The minimum Gasteiger partial charge on any atom is -0.387 e. The topological polar surface area (TPSA) is 75.8 Å². The highest BCUT2D eigenvalue weighted by atomic mass is 32.2. The highest BCUT2D eigenvalue weighted by Crippen LogP contribution is 2.25. The van der Waals surface area contributed by atoms with Gasteiger partial charge in [-0.25, -0.2) is 0 Å². The van der Waals surface area contributed by atoms with E-state index in [0.29, 0.717) is 25.2 Å². The lowest BCUT2D eigenvalue weighted by atomic mass is 10.4. The number of nitrogens with two attached hydrogens (primary N) is 1. The highest BCUT2D eigenvalue weighted by molar-refractivity contribution is 8.00. The molecule has 2 N–H and O–H groups in total. The second-order valence-corrected chi connectivity index (χ2v) is 4.82. The van der Waals surface area contributed by atoms with Gasteiger partial charge in [-0.15, -0.1) is 11.8 Å². The summed E-state index contributed by atoms with van der Waals surface area (Å²) in [4.78, 5) is 28.3. The van der Waals surface area contributed by atoms with Crippen LogP contribution in [0.5, 0.6) is 0 Å². The molecule has 1 atom stereocenters. The van der Waals surface area contributed by atoms with Crippen molar-refractivity contribution in [3.63, 3.8) is 0 Å². The van der Waals surface area contributed by atoms with Crippen LogP contribution >= 0.6 is 11.8 Å². The molecular weight excluding hydrogens is 226 g/mol. The number of carbonyl (C=O) groups excluding carboxylic acids is 2. The number of imide groups is 1. The molecular formula is C10H17N3O2S. The summed E-state index contributed by atoms with van der Waals surface area (Å²) in [6.45, 7) is 2.28. The minimum atomic E-state index is -0.225. The monoisotopic (exact) mass is 243 g/mol. The standard InChI is InChI=1S/C10H17N3O2S/c1-3-13-9(14)6-7(10(13)15)16-5-4-8(11)12-2/h7H,3-6H2,1-2H3,(H2,11,12). The van der Waals surface area contributed by atoms with Crippen molar-refractivity contribution in [2.75, 3.05) is 19.3 Å². The van der Waals surface area contributed by atoms with Crippen molar-refractivity contribution < 1.29 is 9.59 Å². The molecule has 1 saturated heterocycles. The summed E-state index contributed by atoms with van der Waals surface area (Å²) in [5, 5.41) is -0.225. The van der Waals surface area contributed by atoms with Crippen LogP contribution in [0.4, 0.5) is 0 Å². The molecule has 0 aliphatic carbocycles. The third-order valence-electron chi connectivity index (χ3n) is 2.48. The molecule has 0 bridgehead atoms. The molecule has 0 aromatic carbocycles. The van der Waals surface area contributed by atoms with Gasteiger partial charge in [-0.3, -0.25) is 19.5 Å². The molecule has 1 unspecified atom stereocenters. The van der Waals surface area contributed by atoms with Crippen molar-refractivity contribution in [2.24, 2.45) is 10.7 Å². The van der Waals surface area contributed by atoms with Crippen molar-refractivity contribution in [1.29, 1.82) is 0 Å². The fourth-order valence-corrected chi connectivity index (χ4v) is 2.67. The molecule has 2 amide bonds. The van der Waals surface area contributed by atoms with Crippen molar-refractivity contribution >= 4 is 29.4 Å². The highest BCUT2D eigenvalue weighted by Gasteiger charge is 2.37. The number of amidine groups is 1. The van der Waals surface area contributed by atoms with E-state index in [-0.39, 0.29) is 17.1 Å². The zero-order valence-corrected chi connectivity index (χ0v) is 10.4. The number of amides is 2. The summed E-state index contributed by atoms with van der Waals surface area (Å²) in [5.41, 5.74) is 5.55. The first kappa shape index (κ1) is 13.0. The molecule has 1 aliphatic heterocycles. The second-order valence-electron chi connectivity index (χ2n) is 3.50. The Labute approximate surface area is 99.5 Å². The first-order valence-corrected chi connectivity index (χ1v) is 6.32. The van der Waals surface area contributed by atoms with Crippen LogP contribution in [0.25, 0.3) is 0 Å². The van der Waals surface area contributed by atoms with Crippen LogP contribution in [0, 0.1) is 0 Å². The van der Waals surface area contributed by atoms with E-state index >= 15 is 0 Å². The number of nitrogens with zero attached hydrogens (tertiary/aromatic N) is 2. The average Bonchev–Trinajstić information content (AvgIpc) is 2.53. The van der Waals surface area contributed by atoms with Crippen LogP contribution in [0.1, 0.15) is 19.8 Å². The lowest BCUT2D eigenvalue weighted by molar-refractivity contribution is -0.137. The first-order chi connectivity index (χ1) is 7.60. The third kappa shape index (κ3) is 2.98. The Morgan fingerprint density at radius 3 is 2.81 bits per heavy atom.